The van der Waals surface area contributed by atoms with E-state index >= 15 is 0 Å². The Labute approximate surface area is 432 Å². The number of hydrogen-bond donors (Lipinski definition) is 0. The minimum atomic E-state index is 0. The molecule has 0 spiro atoms. The maximum atomic E-state index is 3.34. The van der Waals surface area contributed by atoms with Gasteiger partial charge in [-0.25, -0.2) is 0 Å². The summed E-state index contributed by atoms with van der Waals surface area (Å²) in [5.41, 5.74) is 10.5. The molecular formula is C62H48Cl2Zr2-2. The molecule has 0 aromatic heterocycles. The Morgan fingerprint density at radius 3 is 0.591 bits per heavy atom. The van der Waals surface area contributed by atoms with Crippen LogP contribution in [0, 0.1) is 0 Å². The zero-order chi connectivity index (χ0) is 44.4. The van der Waals surface area contributed by atoms with Gasteiger partial charge in [0.25, 0.3) is 0 Å². The van der Waals surface area contributed by atoms with Crippen LogP contribution in [0.5, 0.6) is 0 Å². The van der Waals surface area contributed by atoms with Gasteiger partial charge in [-0.2, -0.15) is 0 Å². The van der Waals surface area contributed by atoms with E-state index in [0.717, 1.165) is 0 Å². The van der Waals surface area contributed by atoms with Crippen LogP contribution >= 0.6 is 0 Å². The van der Waals surface area contributed by atoms with Crippen molar-refractivity contribution < 1.29 is 73.3 Å². The summed E-state index contributed by atoms with van der Waals surface area (Å²) in [7, 11) is 0. The van der Waals surface area contributed by atoms with E-state index in [9.17, 15) is 0 Å². The first-order chi connectivity index (χ1) is 31.8. The smallest absolute Gasteiger partial charge is 0.0623 e. The number of fused-ring (bicyclic) bond motifs is 4. The van der Waals surface area contributed by atoms with Crippen molar-refractivity contribution in [1.29, 1.82) is 0 Å². The minimum absolute atomic E-state index is 0. The van der Waals surface area contributed by atoms with E-state index in [-0.39, 0.29) is 24.8 Å². The van der Waals surface area contributed by atoms with Crippen LogP contribution in [0.15, 0.2) is 267 Å². The monoisotopic (exact) mass is 1040 g/mol. The second kappa shape index (κ2) is 27.1. The molecule has 0 amide bonds. The minimum Gasteiger partial charge on any atom is -1.00 e. The summed E-state index contributed by atoms with van der Waals surface area (Å²) in [6, 6.07) is 93.6. The van der Waals surface area contributed by atoms with Gasteiger partial charge in [-0.3, -0.25) is 0 Å². The molecule has 12 rings (SSSR count). The van der Waals surface area contributed by atoms with E-state index in [2.05, 4.69) is 275 Å². The third kappa shape index (κ3) is 12.8. The summed E-state index contributed by atoms with van der Waals surface area (Å²) < 4.78 is 6.68. The Morgan fingerprint density at radius 2 is 0.394 bits per heavy atom. The van der Waals surface area contributed by atoms with Crippen molar-refractivity contribution in [3.05, 3.63) is 267 Å². The first-order valence-corrected chi connectivity index (χ1v) is 24.8. The normalized spacial score (nSPS) is 9.88. The number of benzene rings is 8. The predicted molar refractivity (Wildman–Crippen MR) is 274 cm³/mol. The third-order valence-electron chi connectivity index (χ3n) is 11.1. The standard InChI is InChI=1S/4C15H11.2CH2.2ClH.2Zr/c4*1-2-6-12(7-3-1)15-11-10-13-8-4-5-9-14(13)15;;;;;;/h4*1-11H;2*1H2;2*1H;;/q4*-1;;;;;2*+2/p-2. The van der Waals surface area contributed by atoms with E-state index in [1.165, 1.54) is 136 Å². The van der Waals surface area contributed by atoms with Crippen LogP contribution in [-0.4, -0.2) is 8.42 Å². The Kier molecular flexibility index (Phi) is 21.0. The molecule has 0 aliphatic rings. The molecular weight excluding hydrogens is 998 g/mol. The molecule has 12 aromatic rings. The molecule has 0 radical (unpaired) electrons. The van der Waals surface area contributed by atoms with Gasteiger partial charge in [-0.05, 0) is 0 Å². The SMILES string of the molecule is [CH2]=[Zr+2].[CH2]=[Zr+2].[Cl-].[Cl-].c1ccc(-c2c[cH-]c3ccccc23)cc1.c1ccc(-c2c[cH-]c3ccccc23)cc1.c1ccc(-c2c[cH-]c3ccccc23)cc1.c1ccc(-c2c[cH-]c3ccccc23)cc1. The molecule has 4 heteroatoms. The topological polar surface area (TPSA) is 0 Å². The summed E-state index contributed by atoms with van der Waals surface area (Å²) in [6.45, 7) is 0. The Balaban J connectivity index is 0.000000159. The third-order valence-corrected chi connectivity index (χ3v) is 11.1. The summed E-state index contributed by atoms with van der Waals surface area (Å²) in [5, 5.41) is 10.6. The molecule has 320 valence electrons. The van der Waals surface area contributed by atoms with E-state index in [1.807, 2.05) is 0 Å². The number of hydrogen-bond acceptors (Lipinski definition) is 0. The second-order valence-electron chi connectivity index (χ2n) is 14.8. The predicted octanol–water partition coefficient (Wildman–Crippen LogP) is 10.8. The molecule has 0 fully saturated rings. The fraction of sp³-hybridized carbons (Fsp3) is 0. The van der Waals surface area contributed by atoms with Crippen molar-refractivity contribution in [1.82, 2.24) is 0 Å². The first kappa shape index (κ1) is 51.3. The molecule has 0 bridgehead atoms. The van der Waals surface area contributed by atoms with Gasteiger partial charge in [0.05, 0.1) is 0 Å². The molecule has 0 aliphatic carbocycles. The van der Waals surface area contributed by atoms with Gasteiger partial charge in [-0.15, -0.1) is 187 Å². The van der Waals surface area contributed by atoms with Gasteiger partial charge < -0.3 is 24.8 Å². The first-order valence-electron chi connectivity index (χ1n) is 21.3. The van der Waals surface area contributed by atoms with Gasteiger partial charge in [0.1, 0.15) is 0 Å². The Bertz CT molecular complexity index is 2790. The molecule has 12 aromatic carbocycles. The van der Waals surface area contributed by atoms with Gasteiger partial charge in [0, 0.05) is 0 Å². The average Bonchev–Trinajstić information content (AvgIpc) is 4.22. The van der Waals surface area contributed by atoms with E-state index < -0.39 is 0 Å². The number of rotatable bonds is 4. The number of halogens is 2. The fourth-order valence-corrected chi connectivity index (χ4v) is 8.08. The summed E-state index contributed by atoms with van der Waals surface area (Å²) >= 11 is 2.60. The molecule has 0 unspecified atom stereocenters. The van der Waals surface area contributed by atoms with Gasteiger partial charge in [0.2, 0.25) is 0 Å². The van der Waals surface area contributed by atoms with Crippen LogP contribution in [0.4, 0.5) is 0 Å². The fourth-order valence-electron chi connectivity index (χ4n) is 8.08. The second-order valence-corrected chi connectivity index (χ2v) is 14.8. The molecule has 0 nitrogen and oxygen atoms in total. The van der Waals surface area contributed by atoms with Crippen LogP contribution in [-0.2, 0) is 48.5 Å². The zero-order valence-electron chi connectivity index (χ0n) is 36.6. The molecule has 0 saturated carbocycles. The van der Waals surface area contributed by atoms with Crippen molar-refractivity contribution in [2.45, 2.75) is 0 Å². The average molecular weight is 1050 g/mol. The van der Waals surface area contributed by atoms with Crippen LogP contribution < -0.4 is 24.8 Å². The molecule has 0 heterocycles. The maximum absolute atomic E-state index is 3.34. The van der Waals surface area contributed by atoms with Crippen molar-refractivity contribution in [3.63, 3.8) is 0 Å². The molecule has 66 heavy (non-hydrogen) atoms. The van der Waals surface area contributed by atoms with Crippen LogP contribution in [0.3, 0.4) is 0 Å². The van der Waals surface area contributed by atoms with Crippen LogP contribution in [0.25, 0.3) is 87.6 Å². The Hall–Kier alpha value is -5.71. The summed E-state index contributed by atoms with van der Waals surface area (Å²) in [6.07, 6.45) is 0. The van der Waals surface area contributed by atoms with Crippen molar-refractivity contribution in [2.24, 2.45) is 0 Å². The van der Waals surface area contributed by atoms with E-state index in [0.29, 0.717) is 0 Å². The summed E-state index contributed by atoms with van der Waals surface area (Å²) in [5.74, 6) is 0. The van der Waals surface area contributed by atoms with Crippen molar-refractivity contribution in [3.8, 4) is 44.5 Å². The molecule has 0 aliphatic heterocycles. The van der Waals surface area contributed by atoms with Gasteiger partial charge in [-0.1, -0.05) is 168 Å². The van der Waals surface area contributed by atoms with Gasteiger partial charge in [0.15, 0.2) is 0 Å². The molecule has 0 saturated heterocycles. The quantitative estimate of drug-likeness (QED) is 0.154. The van der Waals surface area contributed by atoms with E-state index in [1.54, 1.807) is 0 Å². The Morgan fingerprint density at radius 1 is 0.227 bits per heavy atom. The molecule has 0 N–H and O–H groups in total. The van der Waals surface area contributed by atoms with Gasteiger partial charge >= 0.3 is 56.9 Å². The largest absolute Gasteiger partial charge is 1.00 e. The zero-order valence-corrected chi connectivity index (χ0v) is 43.0. The van der Waals surface area contributed by atoms with E-state index in [4.69, 9.17) is 0 Å². The van der Waals surface area contributed by atoms with Crippen molar-refractivity contribution >= 4 is 51.5 Å². The molecule has 0 atom stereocenters. The van der Waals surface area contributed by atoms with Crippen LogP contribution in [0.1, 0.15) is 0 Å². The maximum Gasteiger partial charge on any atom is -0.0623 e. The summed E-state index contributed by atoms with van der Waals surface area (Å²) in [4.78, 5) is 0. The van der Waals surface area contributed by atoms with Crippen molar-refractivity contribution in [2.75, 3.05) is 0 Å². The van der Waals surface area contributed by atoms with Crippen LogP contribution in [0.2, 0.25) is 0 Å².